The first-order valence-corrected chi connectivity index (χ1v) is 11.1. The average molecular weight is 549 g/mol. The Morgan fingerprint density at radius 2 is 1.58 bits per heavy atom. The van der Waals surface area contributed by atoms with Crippen LogP contribution in [-0.4, -0.2) is 47.9 Å². The summed E-state index contributed by atoms with van der Waals surface area (Å²) in [7, 11) is 1.10. The van der Waals surface area contributed by atoms with E-state index in [2.05, 4.69) is 4.74 Å². The van der Waals surface area contributed by atoms with Gasteiger partial charge in [0.25, 0.3) is 0 Å². The van der Waals surface area contributed by atoms with Gasteiger partial charge in [-0.2, -0.15) is 26.3 Å². The summed E-state index contributed by atoms with van der Waals surface area (Å²) in [5.41, 5.74) is -3.11. The molecule has 0 aromatic heterocycles. The van der Waals surface area contributed by atoms with Gasteiger partial charge in [-0.15, -0.1) is 0 Å². The third kappa shape index (κ3) is 6.63. The molecule has 0 aliphatic carbocycles. The number of hydrogen-bond donors (Lipinski definition) is 1. The molecule has 13 heteroatoms. The monoisotopic (exact) mass is 549 g/mol. The van der Waals surface area contributed by atoms with Gasteiger partial charge >= 0.3 is 24.4 Å². The van der Waals surface area contributed by atoms with Crippen molar-refractivity contribution in [3.05, 3.63) is 82.7 Å². The Bertz CT molecular complexity index is 1160. The molecule has 0 radical (unpaired) electrons. The number of alkyl halides is 6. The number of methoxy groups -OCH3 is 1. The number of rotatable bonds is 6. The fraction of sp³-hybridized carbons (Fsp3) is 0.360. The van der Waals surface area contributed by atoms with E-state index in [1.807, 2.05) is 0 Å². The van der Waals surface area contributed by atoms with Crippen LogP contribution in [0.25, 0.3) is 0 Å². The fourth-order valence-electron chi connectivity index (χ4n) is 4.30. The molecular weight excluding hydrogens is 527 g/mol. The van der Waals surface area contributed by atoms with Crippen molar-refractivity contribution in [3.8, 4) is 0 Å². The van der Waals surface area contributed by atoms with Crippen molar-refractivity contribution in [2.45, 2.75) is 43.4 Å². The van der Waals surface area contributed by atoms with E-state index in [4.69, 9.17) is 4.74 Å². The highest BCUT2D eigenvalue weighted by Gasteiger charge is 2.45. The summed E-state index contributed by atoms with van der Waals surface area (Å²) in [4.78, 5) is 24.5. The standard InChI is InChI=1S/C25H22F7NO5/c1-13(15-9-16(24(27,28)29)11-17(10-15)25(30,31)32)38-20-12-33(23(35)36)19(7-8-21(34)37-2)22(20)14-3-5-18(26)6-4-14/h3-11,13,19-20,22H,12H2,1-2H3,(H,35,36)/b8-7+/t13-,19+,20+,22+/m1/s1. The van der Waals surface area contributed by atoms with Gasteiger partial charge in [-0.1, -0.05) is 18.2 Å². The maximum atomic E-state index is 13.6. The first kappa shape index (κ1) is 29.0. The van der Waals surface area contributed by atoms with Gasteiger partial charge in [0.1, 0.15) is 5.82 Å². The maximum Gasteiger partial charge on any atom is 0.416 e. The van der Waals surface area contributed by atoms with Crippen molar-refractivity contribution >= 4 is 12.1 Å². The van der Waals surface area contributed by atoms with Gasteiger partial charge in [-0.3, -0.25) is 4.90 Å². The van der Waals surface area contributed by atoms with Gasteiger partial charge in [-0.25, -0.2) is 14.0 Å². The fourth-order valence-corrected chi connectivity index (χ4v) is 4.30. The number of carbonyl (C=O) groups excluding carboxylic acids is 1. The minimum absolute atomic E-state index is 0.00703. The topological polar surface area (TPSA) is 76.1 Å². The molecule has 1 saturated heterocycles. The number of carbonyl (C=O) groups is 2. The highest BCUT2D eigenvalue weighted by molar-refractivity contribution is 5.82. The molecule has 2 aromatic rings. The molecule has 1 aliphatic rings. The zero-order valence-corrected chi connectivity index (χ0v) is 19.9. The highest BCUT2D eigenvalue weighted by atomic mass is 19.4. The Hall–Kier alpha value is -3.61. The Morgan fingerprint density at radius 1 is 1.03 bits per heavy atom. The first-order chi connectivity index (χ1) is 17.6. The summed E-state index contributed by atoms with van der Waals surface area (Å²) in [5, 5.41) is 9.75. The van der Waals surface area contributed by atoms with Crippen molar-refractivity contribution in [1.82, 2.24) is 4.90 Å². The lowest BCUT2D eigenvalue weighted by Gasteiger charge is -2.27. The van der Waals surface area contributed by atoms with Crippen LogP contribution in [-0.2, 0) is 26.6 Å². The van der Waals surface area contributed by atoms with E-state index in [-0.39, 0.29) is 12.6 Å². The molecule has 38 heavy (non-hydrogen) atoms. The van der Waals surface area contributed by atoms with Crippen LogP contribution in [0.1, 0.15) is 41.2 Å². The largest absolute Gasteiger partial charge is 0.466 e. The lowest BCUT2D eigenvalue weighted by atomic mass is 9.89. The molecule has 0 bridgehead atoms. The van der Waals surface area contributed by atoms with E-state index in [0.717, 1.165) is 30.2 Å². The second kappa shape index (κ2) is 11.0. The minimum Gasteiger partial charge on any atom is -0.466 e. The van der Waals surface area contributed by atoms with Gasteiger partial charge in [0.2, 0.25) is 0 Å². The Kier molecular flexibility index (Phi) is 8.39. The van der Waals surface area contributed by atoms with Gasteiger partial charge in [0.15, 0.2) is 0 Å². The van der Waals surface area contributed by atoms with Gasteiger partial charge < -0.3 is 14.6 Å². The Labute approximate surface area is 212 Å². The molecule has 0 saturated carbocycles. The molecule has 0 spiro atoms. The predicted molar refractivity (Wildman–Crippen MR) is 119 cm³/mol. The van der Waals surface area contributed by atoms with Crippen LogP contribution < -0.4 is 0 Å². The number of carboxylic acid groups (broad SMARTS) is 1. The van der Waals surface area contributed by atoms with Crippen molar-refractivity contribution < 1.29 is 54.9 Å². The van der Waals surface area contributed by atoms with E-state index < -0.39 is 71.1 Å². The molecule has 206 valence electrons. The Morgan fingerprint density at radius 3 is 2.05 bits per heavy atom. The molecule has 1 N–H and O–H groups in total. The van der Waals surface area contributed by atoms with Crippen molar-refractivity contribution in [3.63, 3.8) is 0 Å². The SMILES string of the molecule is COC(=O)/C=C/[C@H]1[C@H](c2ccc(F)cc2)[C@@H](O[C@H](C)c2cc(C(F)(F)F)cc(C(F)(F)F)c2)CN1C(=O)O. The van der Waals surface area contributed by atoms with E-state index in [9.17, 15) is 45.4 Å². The van der Waals surface area contributed by atoms with Crippen LogP contribution in [0.15, 0.2) is 54.6 Å². The van der Waals surface area contributed by atoms with Crippen molar-refractivity contribution in [1.29, 1.82) is 0 Å². The average Bonchev–Trinajstić information content (AvgIpc) is 3.19. The number of ether oxygens (including phenoxy) is 2. The van der Waals surface area contributed by atoms with Crippen LogP contribution in [0.3, 0.4) is 0 Å². The summed E-state index contributed by atoms with van der Waals surface area (Å²) in [6.45, 7) is 0.892. The molecule has 1 amide bonds. The molecule has 1 fully saturated rings. The van der Waals surface area contributed by atoms with Crippen molar-refractivity contribution in [2.75, 3.05) is 13.7 Å². The summed E-state index contributed by atoms with van der Waals surface area (Å²) >= 11 is 0. The maximum absolute atomic E-state index is 13.6. The minimum atomic E-state index is -5.07. The lowest BCUT2D eigenvalue weighted by Crippen LogP contribution is -2.35. The predicted octanol–water partition coefficient (Wildman–Crippen LogP) is 6.18. The molecule has 6 nitrogen and oxygen atoms in total. The number of likely N-dealkylation sites (tertiary alicyclic amines) is 1. The summed E-state index contributed by atoms with van der Waals surface area (Å²) in [6, 6.07) is 4.89. The van der Waals surface area contributed by atoms with E-state index in [1.54, 1.807) is 0 Å². The zero-order valence-electron chi connectivity index (χ0n) is 19.9. The van der Waals surface area contributed by atoms with Gasteiger partial charge in [-0.05, 0) is 48.4 Å². The summed E-state index contributed by atoms with van der Waals surface area (Å²) in [5.74, 6) is -2.30. The van der Waals surface area contributed by atoms with Crippen LogP contribution >= 0.6 is 0 Å². The number of amides is 1. The molecular formula is C25H22F7NO5. The quantitative estimate of drug-likeness (QED) is 0.265. The van der Waals surface area contributed by atoms with Gasteiger partial charge in [0.05, 0.1) is 43.0 Å². The smallest absolute Gasteiger partial charge is 0.416 e. The second-order valence-corrected chi connectivity index (χ2v) is 8.54. The molecule has 4 atom stereocenters. The first-order valence-electron chi connectivity index (χ1n) is 11.1. The summed E-state index contributed by atoms with van der Waals surface area (Å²) < 4.78 is 104. The van der Waals surface area contributed by atoms with Crippen molar-refractivity contribution in [2.24, 2.45) is 0 Å². The number of nitrogens with zero attached hydrogens (tertiary/aromatic N) is 1. The Balaban J connectivity index is 2.04. The highest BCUT2D eigenvalue weighted by Crippen LogP contribution is 2.41. The lowest BCUT2D eigenvalue weighted by molar-refractivity contribution is -0.143. The normalized spacial score (nSPS) is 21.1. The number of hydrogen-bond acceptors (Lipinski definition) is 4. The van der Waals surface area contributed by atoms with Crippen LogP contribution in [0, 0.1) is 5.82 Å². The third-order valence-corrected chi connectivity index (χ3v) is 6.09. The number of halogens is 7. The third-order valence-electron chi connectivity index (χ3n) is 6.09. The second-order valence-electron chi connectivity index (χ2n) is 8.54. The molecule has 3 rings (SSSR count). The van der Waals surface area contributed by atoms with E-state index in [1.165, 1.54) is 25.1 Å². The summed E-state index contributed by atoms with van der Waals surface area (Å²) in [6.07, 6.45) is -11.8. The molecule has 1 aliphatic heterocycles. The number of benzene rings is 2. The molecule has 2 aromatic carbocycles. The zero-order chi connectivity index (χ0) is 28.4. The van der Waals surface area contributed by atoms with Crippen LogP contribution in [0.5, 0.6) is 0 Å². The molecule has 0 unspecified atom stereocenters. The van der Waals surface area contributed by atoms with E-state index in [0.29, 0.717) is 17.7 Å². The van der Waals surface area contributed by atoms with E-state index >= 15 is 0 Å². The van der Waals surface area contributed by atoms with Crippen LogP contribution in [0.2, 0.25) is 0 Å². The molecule has 1 heterocycles. The van der Waals surface area contributed by atoms with Gasteiger partial charge in [0, 0.05) is 12.0 Å². The van der Waals surface area contributed by atoms with Crippen LogP contribution in [0.4, 0.5) is 35.5 Å². The number of esters is 1.